The maximum absolute atomic E-state index is 13.1. The van der Waals surface area contributed by atoms with Crippen molar-refractivity contribution in [3.8, 4) is 0 Å². The van der Waals surface area contributed by atoms with E-state index >= 15 is 0 Å². The third-order valence-electron chi connectivity index (χ3n) is 5.48. The summed E-state index contributed by atoms with van der Waals surface area (Å²) < 4.78 is 0. The summed E-state index contributed by atoms with van der Waals surface area (Å²) in [5.41, 5.74) is 2.88. The van der Waals surface area contributed by atoms with Crippen molar-refractivity contribution in [2.75, 3.05) is 26.7 Å². The summed E-state index contributed by atoms with van der Waals surface area (Å²) in [6.07, 6.45) is 8.27. The third kappa shape index (κ3) is 11.2. The Labute approximate surface area is 187 Å². The second-order valence-corrected chi connectivity index (χ2v) is 9.34. The van der Waals surface area contributed by atoms with E-state index in [1.54, 1.807) is 7.05 Å². The van der Waals surface area contributed by atoms with Crippen LogP contribution in [0, 0.1) is 11.8 Å². The van der Waals surface area contributed by atoms with Crippen molar-refractivity contribution in [2.24, 2.45) is 11.8 Å². The summed E-state index contributed by atoms with van der Waals surface area (Å²) in [5.74, 6) is -0.536. The molecule has 8 heteroatoms. The molecule has 174 valence electrons. The quantitative estimate of drug-likeness (QED) is 0.456. The van der Waals surface area contributed by atoms with Crippen molar-refractivity contribution in [1.82, 2.24) is 21.1 Å². The number of hydrazine groups is 1. The largest absolute Gasteiger partial charge is 0.359 e. The Morgan fingerprint density at radius 2 is 1.70 bits per heavy atom. The van der Waals surface area contributed by atoms with Crippen LogP contribution in [0.3, 0.4) is 0 Å². The molecule has 30 heavy (non-hydrogen) atoms. The van der Waals surface area contributed by atoms with Crippen LogP contribution in [-0.2, 0) is 14.4 Å². The summed E-state index contributed by atoms with van der Waals surface area (Å²) in [7, 11) is 1.58. The van der Waals surface area contributed by atoms with Crippen LogP contribution in [0.25, 0.3) is 0 Å². The lowest BCUT2D eigenvalue weighted by Gasteiger charge is -2.29. The highest BCUT2D eigenvalue weighted by molar-refractivity contribution is 7.81. The zero-order valence-electron chi connectivity index (χ0n) is 19.0. The fraction of sp³-hybridized carbons (Fsp3) is 0.864. The summed E-state index contributed by atoms with van der Waals surface area (Å²) in [5, 5.41) is 7.17. The van der Waals surface area contributed by atoms with Crippen LogP contribution >= 0.6 is 12.6 Å². The van der Waals surface area contributed by atoms with Gasteiger partial charge in [-0.3, -0.25) is 24.8 Å². The van der Waals surface area contributed by atoms with Crippen LogP contribution in [0.1, 0.15) is 78.1 Å². The van der Waals surface area contributed by atoms with Gasteiger partial charge in [0.25, 0.3) is 0 Å². The summed E-state index contributed by atoms with van der Waals surface area (Å²) in [4.78, 5) is 37.6. The van der Waals surface area contributed by atoms with E-state index in [0.29, 0.717) is 19.4 Å². The molecule has 0 aromatic carbocycles. The second kappa shape index (κ2) is 15.5. The van der Waals surface area contributed by atoms with Crippen molar-refractivity contribution >= 4 is 30.4 Å². The van der Waals surface area contributed by atoms with E-state index in [9.17, 15) is 14.4 Å². The molecule has 1 rings (SSSR count). The third-order valence-corrected chi connectivity index (χ3v) is 6.02. The van der Waals surface area contributed by atoms with E-state index in [4.69, 9.17) is 0 Å². The predicted molar refractivity (Wildman–Crippen MR) is 124 cm³/mol. The smallest absolute Gasteiger partial charge is 0.242 e. The lowest BCUT2D eigenvalue weighted by Crippen LogP contribution is -2.50. The van der Waals surface area contributed by atoms with Gasteiger partial charge in [-0.25, -0.2) is 0 Å². The van der Waals surface area contributed by atoms with Gasteiger partial charge in [-0.05, 0) is 51.1 Å². The molecule has 2 unspecified atom stereocenters. The van der Waals surface area contributed by atoms with E-state index in [1.165, 1.54) is 5.01 Å². The summed E-state index contributed by atoms with van der Waals surface area (Å²) in [6, 6.07) is 0. The Hall–Kier alpha value is -1.28. The molecule has 7 nitrogen and oxygen atoms in total. The Bertz CT molecular complexity index is 531. The number of amides is 3. The van der Waals surface area contributed by atoms with Gasteiger partial charge in [-0.15, -0.1) is 0 Å². The highest BCUT2D eigenvalue weighted by atomic mass is 32.1. The number of carbonyl (C=O) groups is 3. The van der Waals surface area contributed by atoms with Gasteiger partial charge in [0.1, 0.15) is 0 Å². The topological polar surface area (TPSA) is 90.5 Å². The van der Waals surface area contributed by atoms with E-state index in [-0.39, 0.29) is 30.1 Å². The van der Waals surface area contributed by atoms with Crippen LogP contribution in [-0.4, -0.2) is 54.7 Å². The average molecular weight is 443 g/mol. The van der Waals surface area contributed by atoms with Gasteiger partial charge >= 0.3 is 0 Å². The first-order valence-electron chi connectivity index (χ1n) is 11.5. The Morgan fingerprint density at radius 3 is 2.33 bits per heavy atom. The van der Waals surface area contributed by atoms with Gasteiger partial charge in [-0.1, -0.05) is 33.1 Å². The van der Waals surface area contributed by atoms with Gasteiger partial charge in [0.05, 0.1) is 5.92 Å². The molecule has 0 aromatic heterocycles. The molecule has 1 fully saturated rings. The molecular formula is C22H42N4O3S. The predicted octanol–water partition coefficient (Wildman–Crippen LogP) is 2.67. The van der Waals surface area contributed by atoms with E-state index in [2.05, 4.69) is 28.7 Å². The first-order valence-corrected chi connectivity index (χ1v) is 12.1. The number of thiol groups is 1. The monoisotopic (exact) mass is 442 g/mol. The standard InChI is InChI=1S/C22H42N4O3S/c1-17(2)15-18(19(30)16-20(27)23-3)22(29)25-26-14-10-5-4-8-12-24-13-9-6-7-11-21(26)28/h17-19,24,30H,4-16H2,1-3H3,(H,23,27)(H,25,29). The van der Waals surface area contributed by atoms with Crippen molar-refractivity contribution < 1.29 is 14.4 Å². The fourth-order valence-corrected chi connectivity index (χ4v) is 4.10. The van der Waals surface area contributed by atoms with Crippen LogP contribution in [0.5, 0.6) is 0 Å². The molecule has 3 N–H and O–H groups in total. The number of carbonyl (C=O) groups excluding carboxylic acids is 3. The Kier molecular flexibility index (Phi) is 13.8. The normalized spacial score (nSPS) is 19.6. The molecule has 1 aliphatic rings. The fourth-order valence-electron chi connectivity index (χ4n) is 3.68. The molecule has 0 aliphatic carbocycles. The molecular weight excluding hydrogens is 400 g/mol. The highest BCUT2D eigenvalue weighted by Crippen LogP contribution is 2.23. The van der Waals surface area contributed by atoms with Gasteiger partial charge in [-0.2, -0.15) is 12.6 Å². The van der Waals surface area contributed by atoms with E-state index in [0.717, 1.165) is 58.0 Å². The molecule has 1 saturated heterocycles. The van der Waals surface area contributed by atoms with Crippen molar-refractivity contribution in [3.05, 3.63) is 0 Å². The molecule has 0 aromatic rings. The SMILES string of the molecule is CNC(=O)CC(S)C(CC(C)C)C(=O)NN1CCCCCCNCCCCCC1=O. The van der Waals surface area contributed by atoms with Crippen LogP contribution in [0.4, 0.5) is 0 Å². The van der Waals surface area contributed by atoms with Gasteiger partial charge < -0.3 is 10.6 Å². The van der Waals surface area contributed by atoms with Gasteiger partial charge in [0.15, 0.2) is 0 Å². The molecule has 2 atom stereocenters. The minimum atomic E-state index is -0.433. The molecule has 1 aliphatic heterocycles. The maximum Gasteiger partial charge on any atom is 0.242 e. The number of rotatable bonds is 7. The van der Waals surface area contributed by atoms with E-state index in [1.807, 2.05) is 13.8 Å². The van der Waals surface area contributed by atoms with Crippen LogP contribution in [0.15, 0.2) is 0 Å². The minimum absolute atomic E-state index is 0.0290. The number of nitrogens with one attached hydrogen (secondary N) is 3. The van der Waals surface area contributed by atoms with Crippen molar-refractivity contribution in [2.45, 2.75) is 83.3 Å². The van der Waals surface area contributed by atoms with Crippen molar-refractivity contribution in [3.63, 3.8) is 0 Å². The zero-order chi connectivity index (χ0) is 22.4. The molecule has 1 heterocycles. The lowest BCUT2D eigenvalue weighted by molar-refractivity contribution is -0.143. The summed E-state index contributed by atoms with van der Waals surface area (Å²) >= 11 is 4.56. The highest BCUT2D eigenvalue weighted by Gasteiger charge is 2.30. The molecule has 0 radical (unpaired) electrons. The lowest BCUT2D eigenvalue weighted by atomic mass is 9.91. The molecule has 3 amide bonds. The number of nitrogens with zero attached hydrogens (tertiary/aromatic N) is 1. The minimum Gasteiger partial charge on any atom is -0.359 e. The first kappa shape index (κ1) is 26.8. The summed E-state index contributed by atoms with van der Waals surface area (Å²) in [6.45, 7) is 6.66. The van der Waals surface area contributed by atoms with Gasteiger partial charge in [0.2, 0.25) is 17.7 Å². The van der Waals surface area contributed by atoms with Crippen LogP contribution < -0.4 is 16.1 Å². The first-order chi connectivity index (χ1) is 14.3. The Balaban J connectivity index is 2.78. The number of hydrogen-bond donors (Lipinski definition) is 4. The maximum atomic E-state index is 13.1. The zero-order valence-corrected chi connectivity index (χ0v) is 19.9. The number of hydrogen-bond acceptors (Lipinski definition) is 5. The molecule has 0 saturated carbocycles. The molecule has 0 bridgehead atoms. The van der Waals surface area contributed by atoms with Gasteiger partial charge in [0, 0.05) is 31.7 Å². The average Bonchev–Trinajstić information content (AvgIpc) is 2.70. The Morgan fingerprint density at radius 1 is 1.07 bits per heavy atom. The second-order valence-electron chi connectivity index (χ2n) is 8.68. The van der Waals surface area contributed by atoms with Crippen molar-refractivity contribution in [1.29, 1.82) is 0 Å². The van der Waals surface area contributed by atoms with Crippen LogP contribution in [0.2, 0.25) is 0 Å². The molecule has 0 spiro atoms. The van der Waals surface area contributed by atoms with E-state index < -0.39 is 11.2 Å².